The van der Waals surface area contributed by atoms with Crippen molar-refractivity contribution in [1.29, 1.82) is 0 Å². The number of rotatable bonds is 3. The van der Waals surface area contributed by atoms with Crippen molar-refractivity contribution in [2.24, 2.45) is 0 Å². The highest BCUT2D eigenvalue weighted by atomic mass is 32.2. The number of hydrogen-bond donors (Lipinski definition) is 0. The van der Waals surface area contributed by atoms with Crippen LogP contribution in [-0.4, -0.2) is 17.9 Å². The molecule has 0 N–H and O–H groups in total. The highest BCUT2D eigenvalue weighted by Crippen LogP contribution is 2.42. The predicted octanol–water partition coefficient (Wildman–Crippen LogP) is 4.47. The molecule has 0 radical (unpaired) electrons. The van der Waals surface area contributed by atoms with Gasteiger partial charge in [-0.05, 0) is 55.0 Å². The molecule has 0 aromatic carbocycles. The van der Waals surface area contributed by atoms with Crippen molar-refractivity contribution < 1.29 is 9.21 Å². The van der Waals surface area contributed by atoms with Crippen LogP contribution in [0.1, 0.15) is 39.5 Å². The molecule has 1 aliphatic carbocycles. The second-order valence-corrected chi connectivity index (χ2v) is 8.25. The number of hydrogen-bond acceptors (Lipinski definition) is 4. The molecule has 23 heavy (non-hydrogen) atoms. The summed E-state index contributed by atoms with van der Waals surface area (Å²) in [5, 5.41) is 0. The first-order valence-corrected chi connectivity index (χ1v) is 9.78. The maximum Gasteiger partial charge on any atom is 0.260 e. The van der Waals surface area contributed by atoms with Crippen molar-refractivity contribution in [1.82, 2.24) is 4.90 Å². The van der Waals surface area contributed by atoms with Gasteiger partial charge < -0.3 is 9.32 Å². The van der Waals surface area contributed by atoms with Gasteiger partial charge in [0, 0.05) is 22.6 Å². The number of thioether (sulfide) groups is 1. The molecule has 0 atom stereocenters. The number of nitrogens with zero attached hydrogens (tertiary/aromatic N) is 1. The molecule has 2 aliphatic rings. The third kappa shape index (κ3) is 2.88. The number of aryl methyl sites for hydroxylation is 1. The van der Waals surface area contributed by atoms with Gasteiger partial charge >= 0.3 is 0 Å². The average molecular weight is 345 g/mol. The predicted molar refractivity (Wildman–Crippen MR) is 95.4 cm³/mol. The summed E-state index contributed by atoms with van der Waals surface area (Å²) in [4.78, 5) is 18.1. The van der Waals surface area contributed by atoms with Crippen molar-refractivity contribution in [2.75, 3.05) is 7.05 Å². The molecule has 3 heterocycles. The summed E-state index contributed by atoms with van der Waals surface area (Å²) in [5.74, 6) is 1.84. The molecule has 0 fully saturated rings. The Morgan fingerprint density at radius 2 is 2.17 bits per heavy atom. The van der Waals surface area contributed by atoms with Gasteiger partial charge in [-0.3, -0.25) is 4.79 Å². The monoisotopic (exact) mass is 345 g/mol. The Kier molecular flexibility index (Phi) is 4.07. The molecule has 2 aromatic rings. The van der Waals surface area contributed by atoms with E-state index >= 15 is 0 Å². The minimum Gasteiger partial charge on any atom is -0.467 e. The van der Waals surface area contributed by atoms with E-state index in [9.17, 15) is 4.79 Å². The minimum atomic E-state index is 0.0865. The van der Waals surface area contributed by atoms with Gasteiger partial charge in [-0.25, -0.2) is 0 Å². The summed E-state index contributed by atoms with van der Waals surface area (Å²) < 4.78 is 5.33. The van der Waals surface area contributed by atoms with E-state index in [2.05, 4.69) is 6.08 Å². The zero-order chi connectivity index (χ0) is 15.8. The normalized spacial score (nSPS) is 16.5. The molecule has 0 unspecified atom stereocenters. The number of carbonyl (C=O) groups excluding carboxylic acids is 1. The molecule has 1 amide bonds. The third-order valence-corrected chi connectivity index (χ3v) is 6.79. The van der Waals surface area contributed by atoms with Crippen LogP contribution in [0.3, 0.4) is 0 Å². The second-order valence-electron chi connectivity index (χ2n) is 6.09. The van der Waals surface area contributed by atoms with E-state index < -0.39 is 0 Å². The Hall–Kier alpha value is -1.46. The molecule has 1 aliphatic heterocycles. The van der Waals surface area contributed by atoms with Gasteiger partial charge in [-0.15, -0.1) is 23.1 Å². The summed E-state index contributed by atoms with van der Waals surface area (Å²) in [5.41, 5.74) is 3.07. The van der Waals surface area contributed by atoms with Gasteiger partial charge in [0.05, 0.1) is 17.7 Å². The topological polar surface area (TPSA) is 33.5 Å². The fourth-order valence-corrected chi connectivity index (χ4v) is 5.89. The van der Waals surface area contributed by atoms with Gasteiger partial charge in [-0.2, -0.15) is 0 Å². The van der Waals surface area contributed by atoms with Gasteiger partial charge in [0.15, 0.2) is 0 Å². The lowest BCUT2D eigenvalue weighted by molar-refractivity contribution is -0.125. The first-order valence-electron chi connectivity index (χ1n) is 7.98. The highest BCUT2D eigenvalue weighted by molar-refractivity contribution is 8.03. The average Bonchev–Trinajstić information content (AvgIpc) is 3.20. The van der Waals surface area contributed by atoms with Crippen LogP contribution in [0.15, 0.2) is 27.7 Å². The summed E-state index contributed by atoms with van der Waals surface area (Å²) >= 11 is 3.58. The number of fused-ring (bicyclic) bond motifs is 3. The van der Waals surface area contributed by atoms with E-state index in [1.807, 2.05) is 30.5 Å². The molecule has 0 saturated carbocycles. The van der Waals surface area contributed by atoms with Crippen LogP contribution in [0.2, 0.25) is 0 Å². The van der Waals surface area contributed by atoms with Crippen LogP contribution in [0, 0.1) is 0 Å². The molecule has 5 heteroatoms. The standard InChI is InChI=1S/C18H19NO2S2/c1-19(10-12-5-4-8-21-12)18(20)17-9-16-14(11-22-17)13-6-2-3-7-15(13)23-16/h4-5,8-9H,2-3,6-7,10-11H2,1H3. The van der Waals surface area contributed by atoms with Crippen molar-refractivity contribution in [3.63, 3.8) is 0 Å². The maximum atomic E-state index is 12.7. The van der Waals surface area contributed by atoms with Crippen LogP contribution in [0.4, 0.5) is 0 Å². The van der Waals surface area contributed by atoms with Crippen LogP contribution >= 0.6 is 23.1 Å². The molecule has 4 rings (SSSR count). The number of thiophene rings is 1. The summed E-state index contributed by atoms with van der Waals surface area (Å²) in [6, 6.07) is 3.75. The SMILES string of the molecule is CN(Cc1ccco1)C(=O)C1=Cc2sc3c(c2CS1)CCCC3. The Morgan fingerprint density at radius 3 is 3.00 bits per heavy atom. The van der Waals surface area contributed by atoms with Crippen molar-refractivity contribution >= 4 is 35.1 Å². The van der Waals surface area contributed by atoms with Crippen molar-refractivity contribution in [2.45, 2.75) is 38.0 Å². The molecule has 0 saturated heterocycles. The largest absolute Gasteiger partial charge is 0.467 e. The van der Waals surface area contributed by atoms with Crippen LogP contribution < -0.4 is 0 Å². The number of carbonyl (C=O) groups is 1. The van der Waals surface area contributed by atoms with E-state index in [-0.39, 0.29) is 5.91 Å². The Morgan fingerprint density at radius 1 is 1.30 bits per heavy atom. The first-order chi connectivity index (χ1) is 11.2. The lowest BCUT2D eigenvalue weighted by Gasteiger charge is -2.20. The summed E-state index contributed by atoms with van der Waals surface area (Å²) in [7, 11) is 1.83. The molecule has 0 bridgehead atoms. The van der Waals surface area contributed by atoms with Crippen molar-refractivity contribution in [3.8, 4) is 0 Å². The second kappa shape index (κ2) is 6.21. The third-order valence-electron chi connectivity index (χ3n) is 4.48. The van der Waals surface area contributed by atoms with E-state index in [1.54, 1.807) is 33.4 Å². The lowest BCUT2D eigenvalue weighted by Crippen LogP contribution is -2.27. The highest BCUT2D eigenvalue weighted by Gasteiger charge is 2.26. The lowest BCUT2D eigenvalue weighted by atomic mass is 9.95. The smallest absolute Gasteiger partial charge is 0.260 e. The van der Waals surface area contributed by atoms with E-state index in [0.717, 1.165) is 16.4 Å². The van der Waals surface area contributed by atoms with Gasteiger partial charge in [0.2, 0.25) is 0 Å². The molecule has 2 aromatic heterocycles. The summed E-state index contributed by atoms with van der Waals surface area (Å²) in [6.07, 6.45) is 8.80. The molecular formula is C18H19NO2S2. The van der Waals surface area contributed by atoms with Gasteiger partial charge in [-0.1, -0.05) is 0 Å². The zero-order valence-corrected chi connectivity index (χ0v) is 14.8. The maximum absolute atomic E-state index is 12.7. The van der Waals surface area contributed by atoms with E-state index in [0.29, 0.717) is 6.54 Å². The van der Waals surface area contributed by atoms with Crippen LogP contribution in [0.25, 0.3) is 6.08 Å². The van der Waals surface area contributed by atoms with Crippen LogP contribution in [0.5, 0.6) is 0 Å². The fourth-order valence-electron chi connectivity index (χ4n) is 3.26. The molecule has 0 spiro atoms. The number of amides is 1. The Bertz CT molecular complexity index is 758. The Balaban J connectivity index is 1.55. The number of likely N-dealkylation sites (N-methyl/N-ethyl adjacent to an activating group) is 1. The minimum absolute atomic E-state index is 0.0865. The quantitative estimate of drug-likeness (QED) is 0.823. The molecule has 3 nitrogen and oxygen atoms in total. The molecular weight excluding hydrogens is 326 g/mol. The fraction of sp³-hybridized carbons (Fsp3) is 0.389. The Labute approximate surface area is 144 Å². The van der Waals surface area contributed by atoms with E-state index in [4.69, 9.17) is 4.42 Å². The molecule has 120 valence electrons. The first kappa shape index (κ1) is 15.1. The van der Waals surface area contributed by atoms with E-state index in [1.165, 1.54) is 36.1 Å². The zero-order valence-electron chi connectivity index (χ0n) is 13.1. The summed E-state index contributed by atoms with van der Waals surface area (Å²) in [6.45, 7) is 0.511. The number of furan rings is 1. The van der Waals surface area contributed by atoms with Gasteiger partial charge in [0.1, 0.15) is 5.76 Å². The van der Waals surface area contributed by atoms with Gasteiger partial charge in [0.25, 0.3) is 5.91 Å². The van der Waals surface area contributed by atoms with Crippen LogP contribution in [-0.2, 0) is 29.9 Å². The van der Waals surface area contributed by atoms with Crippen molar-refractivity contribution in [3.05, 3.63) is 49.9 Å².